The third kappa shape index (κ3) is 12.6. The summed E-state index contributed by atoms with van der Waals surface area (Å²) in [4.78, 5) is 29.2. The van der Waals surface area contributed by atoms with Crippen LogP contribution in [0.15, 0.2) is 48.6 Å². The summed E-state index contributed by atoms with van der Waals surface area (Å²) < 4.78 is -0.461. The molecule has 0 saturated carbocycles. The zero-order valence-electron chi connectivity index (χ0n) is 22.7. The van der Waals surface area contributed by atoms with Crippen molar-refractivity contribution < 1.29 is 15.3 Å². The first-order valence-electron chi connectivity index (χ1n) is 12.2. The number of likely N-dealkylation sites (N-methyl/N-ethyl adjacent to an activating group) is 1. The van der Waals surface area contributed by atoms with Gasteiger partial charge in [0.2, 0.25) is 6.54 Å². The Morgan fingerprint density at radius 2 is 1.48 bits per heavy atom. The minimum Gasteiger partial charge on any atom is -0.412 e. The van der Waals surface area contributed by atoms with Crippen molar-refractivity contribution in [2.24, 2.45) is 0 Å². The molecule has 0 amide bonds. The van der Waals surface area contributed by atoms with Crippen molar-refractivity contribution in [1.29, 1.82) is 0 Å². The second-order valence-corrected chi connectivity index (χ2v) is 12.3. The molecule has 2 unspecified atom stereocenters. The van der Waals surface area contributed by atoms with Crippen molar-refractivity contribution in [2.75, 3.05) is 25.1 Å². The summed E-state index contributed by atoms with van der Waals surface area (Å²) in [6.07, 6.45) is 5.95. The van der Waals surface area contributed by atoms with Crippen molar-refractivity contribution >= 4 is 46.7 Å². The first kappa shape index (κ1) is 40.0. The van der Waals surface area contributed by atoms with Crippen LogP contribution in [0, 0.1) is 20.2 Å². The fourth-order valence-electron chi connectivity index (χ4n) is 4.18. The predicted octanol–water partition coefficient (Wildman–Crippen LogP) is 7.09. The van der Waals surface area contributed by atoms with E-state index in [1.807, 2.05) is 32.9 Å². The van der Waals surface area contributed by atoms with E-state index < -0.39 is 9.00 Å². The van der Waals surface area contributed by atoms with Gasteiger partial charge in [-0.15, -0.1) is 23.5 Å². The lowest BCUT2D eigenvalue weighted by Crippen LogP contribution is -2.37. The highest BCUT2D eigenvalue weighted by Crippen LogP contribution is 2.49. The monoisotopic (exact) mass is 637 g/mol. The SMILES string of the molecule is C.CCC(/C(=C/[N+](=O)[O-])NC)c1ccc(Cl)nc1.CCSC(C[N+](=O)[O-])(SCC)C(CC)c1ccc(Cl)nc1.O. The molecule has 0 aliphatic carbocycles. The summed E-state index contributed by atoms with van der Waals surface area (Å²) in [5, 5.41) is 25.4. The van der Waals surface area contributed by atoms with Crippen molar-refractivity contribution in [3.63, 3.8) is 0 Å². The first-order valence-corrected chi connectivity index (χ1v) is 14.9. The van der Waals surface area contributed by atoms with E-state index >= 15 is 0 Å². The number of pyridine rings is 2. The van der Waals surface area contributed by atoms with Crippen molar-refractivity contribution in [1.82, 2.24) is 15.3 Å². The highest BCUT2D eigenvalue weighted by Gasteiger charge is 2.44. The van der Waals surface area contributed by atoms with Crippen molar-refractivity contribution in [3.8, 4) is 0 Å². The van der Waals surface area contributed by atoms with Crippen LogP contribution in [0.25, 0.3) is 0 Å². The van der Waals surface area contributed by atoms with Gasteiger partial charge in [0.05, 0.1) is 10.6 Å². The average molecular weight is 639 g/mol. The van der Waals surface area contributed by atoms with Gasteiger partial charge in [0.15, 0.2) is 0 Å². The standard InChI is InChI=1S/C14H21ClN2O2S2.C11H14ClN3O2.CH4.H2O/c1-4-12(11-7-8-13(15)16-9-11)14(20-5-2,21-6-3)10-17(18)19;1-3-9(10(13-2)7-15(16)17)8-4-5-11(12)14-6-8;;/h7-9,12H,4-6,10H2,1-3H3;4-7,9,13H,3H2,1-2H3;1H4;1H2/b;10-7-;;. The van der Waals surface area contributed by atoms with Crippen LogP contribution >= 0.6 is 46.7 Å². The lowest BCUT2D eigenvalue weighted by Gasteiger charge is -2.36. The van der Waals surface area contributed by atoms with Crippen LogP contribution in [-0.4, -0.2) is 54.5 Å². The fraction of sp³-hybridized carbons (Fsp3) is 0.538. The molecule has 10 nitrogen and oxygen atoms in total. The number of thioether (sulfide) groups is 2. The number of hydrogen-bond donors (Lipinski definition) is 1. The second-order valence-electron chi connectivity index (χ2n) is 8.04. The van der Waals surface area contributed by atoms with Crippen LogP contribution in [0.1, 0.15) is 70.9 Å². The minimum atomic E-state index is -0.461. The molecule has 2 aromatic rings. The Kier molecular flexibility index (Phi) is 20.7. The Morgan fingerprint density at radius 1 is 0.975 bits per heavy atom. The summed E-state index contributed by atoms with van der Waals surface area (Å²) in [6.45, 7) is 8.07. The van der Waals surface area contributed by atoms with E-state index in [4.69, 9.17) is 23.2 Å². The maximum atomic E-state index is 11.2. The highest BCUT2D eigenvalue weighted by molar-refractivity contribution is 8.18. The molecule has 226 valence electrons. The van der Waals surface area contributed by atoms with Gasteiger partial charge in [-0.05, 0) is 47.6 Å². The van der Waals surface area contributed by atoms with Crippen LogP contribution in [-0.2, 0) is 0 Å². The van der Waals surface area contributed by atoms with E-state index in [1.165, 1.54) is 0 Å². The molecule has 2 atom stereocenters. The van der Waals surface area contributed by atoms with Gasteiger partial charge in [0.1, 0.15) is 14.4 Å². The number of hydrogen-bond acceptors (Lipinski definition) is 9. The maximum Gasteiger partial charge on any atom is 0.253 e. The van der Waals surface area contributed by atoms with Crippen LogP contribution in [0.5, 0.6) is 0 Å². The Balaban J connectivity index is 0. The molecule has 0 fully saturated rings. The molecule has 0 aliphatic rings. The molecular weight excluding hydrogens is 597 g/mol. The molecule has 0 bridgehead atoms. The molecule has 14 heteroatoms. The van der Waals surface area contributed by atoms with E-state index in [0.717, 1.165) is 41.7 Å². The van der Waals surface area contributed by atoms with Gasteiger partial charge in [0.25, 0.3) is 6.20 Å². The number of nitrogens with one attached hydrogen (secondary N) is 1. The van der Waals surface area contributed by atoms with E-state index in [2.05, 4.69) is 22.2 Å². The fourth-order valence-corrected chi connectivity index (χ4v) is 7.82. The molecule has 0 saturated heterocycles. The summed E-state index contributed by atoms with van der Waals surface area (Å²) in [5.74, 6) is 1.69. The molecule has 2 aromatic heterocycles. The summed E-state index contributed by atoms with van der Waals surface area (Å²) >= 11 is 14.9. The number of rotatable bonds is 14. The lowest BCUT2D eigenvalue weighted by molar-refractivity contribution is -0.481. The number of nitro groups is 2. The molecule has 3 N–H and O–H groups in total. The largest absolute Gasteiger partial charge is 0.412 e. The second kappa shape index (κ2) is 20.7. The zero-order valence-corrected chi connectivity index (χ0v) is 25.9. The smallest absolute Gasteiger partial charge is 0.253 e. The molecule has 0 aromatic carbocycles. The number of halogens is 2. The van der Waals surface area contributed by atoms with Crippen LogP contribution in [0.2, 0.25) is 10.3 Å². The van der Waals surface area contributed by atoms with Crippen molar-refractivity contribution in [2.45, 2.75) is 63.9 Å². The van der Waals surface area contributed by atoms with Gasteiger partial charge in [-0.3, -0.25) is 20.2 Å². The summed E-state index contributed by atoms with van der Waals surface area (Å²) in [7, 11) is 1.67. The number of aromatic nitrogens is 2. The molecule has 0 aliphatic heterocycles. The topological polar surface area (TPSA) is 156 Å². The van der Waals surface area contributed by atoms with Gasteiger partial charge in [-0.2, -0.15) is 0 Å². The van der Waals surface area contributed by atoms with Gasteiger partial charge in [-0.25, -0.2) is 9.97 Å². The highest BCUT2D eigenvalue weighted by atomic mass is 35.5. The molecular formula is C26H41Cl2N5O5S2. The maximum absolute atomic E-state index is 11.2. The summed E-state index contributed by atoms with van der Waals surface area (Å²) in [6, 6.07) is 7.20. The predicted molar refractivity (Wildman–Crippen MR) is 170 cm³/mol. The van der Waals surface area contributed by atoms with Gasteiger partial charge in [0, 0.05) is 36.2 Å². The Hall–Kier alpha value is -2.12. The first-order chi connectivity index (χ1) is 18.1. The van der Waals surface area contributed by atoms with Crippen LogP contribution in [0.3, 0.4) is 0 Å². The number of allylic oxidation sites excluding steroid dienone is 1. The molecule has 40 heavy (non-hydrogen) atoms. The summed E-state index contributed by atoms with van der Waals surface area (Å²) in [5.41, 5.74) is 2.48. The molecule has 2 rings (SSSR count). The van der Waals surface area contributed by atoms with Gasteiger partial charge in [-0.1, -0.05) is 70.5 Å². The van der Waals surface area contributed by atoms with Gasteiger partial charge < -0.3 is 10.8 Å². The third-order valence-corrected chi connectivity index (χ3v) is 9.22. The van der Waals surface area contributed by atoms with Crippen LogP contribution in [0.4, 0.5) is 0 Å². The molecule has 0 spiro atoms. The van der Waals surface area contributed by atoms with Crippen LogP contribution < -0.4 is 5.32 Å². The Morgan fingerprint density at radius 3 is 1.80 bits per heavy atom. The lowest BCUT2D eigenvalue weighted by atomic mass is 9.93. The van der Waals surface area contributed by atoms with E-state index in [0.29, 0.717) is 16.0 Å². The normalized spacial score (nSPS) is 12.5. The Bertz CT molecular complexity index is 1040. The zero-order chi connectivity index (χ0) is 28.7. The van der Waals surface area contributed by atoms with E-state index in [-0.39, 0.29) is 36.2 Å². The Labute approximate surface area is 255 Å². The van der Waals surface area contributed by atoms with E-state index in [1.54, 1.807) is 55.1 Å². The average Bonchev–Trinajstić information content (AvgIpc) is 2.86. The number of nitrogens with zero attached hydrogens (tertiary/aromatic N) is 4. The van der Waals surface area contributed by atoms with Crippen molar-refractivity contribution in [3.05, 3.63) is 90.2 Å². The van der Waals surface area contributed by atoms with E-state index in [9.17, 15) is 20.2 Å². The third-order valence-electron chi connectivity index (χ3n) is 5.69. The minimum absolute atomic E-state index is 0. The molecule has 2 heterocycles. The van der Waals surface area contributed by atoms with Gasteiger partial charge >= 0.3 is 0 Å². The molecule has 0 radical (unpaired) electrons. The quantitative estimate of drug-likeness (QED) is 0.0988.